The number of nitrogens with one attached hydrogen (secondary N) is 1. The third-order valence-electron chi connectivity index (χ3n) is 1.98. The summed E-state index contributed by atoms with van der Waals surface area (Å²) in [5, 5.41) is 17.9. The maximum Gasteiger partial charge on any atom is 0.288 e. The predicted octanol–water partition coefficient (Wildman–Crippen LogP) is 2.66. The van der Waals surface area contributed by atoms with Crippen LogP contribution in [0.25, 0.3) is 0 Å². The summed E-state index contributed by atoms with van der Waals surface area (Å²) >= 11 is 7.13. The molecule has 8 heteroatoms. The second kappa shape index (κ2) is 5.15. The molecule has 0 aliphatic carbocycles. The largest absolute Gasteiger partial charge is 0.288 e. The summed E-state index contributed by atoms with van der Waals surface area (Å²) in [5.74, 6) is 0.563. The van der Waals surface area contributed by atoms with Gasteiger partial charge in [0, 0.05) is 11.8 Å². The Kier molecular flexibility index (Phi) is 3.60. The van der Waals surface area contributed by atoms with Gasteiger partial charge in [-0.1, -0.05) is 29.4 Å². The van der Waals surface area contributed by atoms with Gasteiger partial charge in [-0.15, -0.1) is 0 Å². The molecule has 0 amide bonds. The second-order valence-electron chi connectivity index (χ2n) is 3.12. The average Bonchev–Trinajstić information content (AvgIpc) is 2.80. The summed E-state index contributed by atoms with van der Waals surface area (Å²) in [4.78, 5) is 14.1. The van der Waals surface area contributed by atoms with Crippen molar-refractivity contribution in [2.24, 2.45) is 0 Å². The van der Waals surface area contributed by atoms with E-state index in [1.165, 1.54) is 30.2 Å². The van der Waals surface area contributed by atoms with Crippen LogP contribution in [0, 0.1) is 10.1 Å². The lowest BCUT2D eigenvalue weighted by Crippen LogP contribution is -1.91. The van der Waals surface area contributed by atoms with E-state index in [1.54, 1.807) is 6.07 Å². The lowest BCUT2D eigenvalue weighted by Gasteiger charge is -2.00. The molecule has 0 aliphatic rings. The number of nitro groups is 1. The number of hydrogen-bond acceptors (Lipinski definition) is 5. The molecular weight excluding hydrogens is 264 g/mol. The van der Waals surface area contributed by atoms with Crippen molar-refractivity contribution in [3.63, 3.8) is 0 Å². The first-order valence-corrected chi connectivity index (χ1v) is 5.94. The monoisotopic (exact) mass is 270 g/mol. The van der Waals surface area contributed by atoms with Crippen LogP contribution in [0.3, 0.4) is 0 Å². The Morgan fingerprint density at radius 2 is 2.35 bits per heavy atom. The number of aromatic nitrogens is 3. The molecule has 6 nitrogen and oxygen atoms in total. The fraction of sp³-hybridized carbons (Fsp3) is 0.111. The topological polar surface area (TPSA) is 84.7 Å². The van der Waals surface area contributed by atoms with E-state index in [9.17, 15) is 10.1 Å². The highest BCUT2D eigenvalue weighted by atomic mass is 35.5. The Bertz CT molecular complexity index is 532. The van der Waals surface area contributed by atoms with Gasteiger partial charge >= 0.3 is 0 Å². The standard InChI is InChI=1S/C9H7ClN4O2S/c10-7-2-1-6(3-8(7)14(15)16)4-17-9-11-5-12-13-9/h1-3,5H,4H2,(H,11,12,13). The first kappa shape index (κ1) is 11.9. The highest BCUT2D eigenvalue weighted by Gasteiger charge is 2.12. The van der Waals surface area contributed by atoms with Crippen molar-refractivity contribution in [1.82, 2.24) is 15.2 Å². The third kappa shape index (κ3) is 2.95. The molecule has 0 bridgehead atoms. The van der Waals surface area contributed by atoms with Crippen LogP contribution in [0.1, 0.15) is 5.56 Å². The highest BCUT2D eigenvalue weighted by molar-refractivity contribution is 7.98. The van der Waals surface area contributed by atoms with Gasteiger partial charge in [0.15, 0.2) is 5.16 Å². The molecule has 0 unspecified atom stereocenters. The summed E-state index contributed by atoms with van der Waals surface area (Å²) in [6.07, 6.45) is 1.41. The molecule has 0 aliphatic heterocycles. The number of aromatic amines is 1. The average molecular weight is 271 g/mol. The zero-order chi connectivity index (χ0) is 12.3. The molecule has 0 radical (unpaired) electrons. The van der Waals surface area contributed by atoms with E-state index in [4.69, 9.17) is 11.6 Å². The molecule has 1 aromatic carbocycles. The van der Waals surface area contributed by atoms with Gasteiger partial charge in [0.2, 0.25) is 0 Å². The Morgan fingerprint density at radius 3 is 3.00 bits per heavy atom. The van der Waals surface area contributed by atoms with Crippen LogP contribution in [0.4, 0.5) is 5.69 Å². The van der Waals surface area contributed by atoms with Gasteiger partial charge < -0.3 is 0 Å². The van der Waals surface area contributed by atoms with E-state index in [1.807, 2.05) is 0 Å². The van der Waals surface area contributed by atoms with Crippen LogP contribution in [0.2, 0.25) is 5.02 Å². The normalized spacial score (nSPS) is 10.4. The summed E-state index contributed by atoms with van der Waals surface area (Å²) in [6, 6.07) is 4.74. The van der Waals surface area contributed by atoms with Crippen molar-refractivity contribution < 1.29 is 4.92 Å². The third-order valence-corrected chi connectivity index (χ3v) is 3.24. The Balaban J connectivity index is 2.11. The quantitative estimate of drug-likeness (QED) is 0.524. The lowest BCUT2D eigenvalue weighted by atomic mass is 10.2. The number of nitrogens with zero attached hydrogens (tertiary/aromatic N) is 3. The summed E-state index contributed by atoms with van der Waals surface area (Å²) in [7, 11) is 0. The Labute approximate surface area is 106 Å². The van der Waals surface area contributed by atoms with Crippen molar-refractivity contribution in [2.45, 2.75) is 10.9 Å². The van der Waals surface area contributed by atoms with Crippen LogP contribution in [-0.2, 0) is 5.75 Å². The zero-order valence-electron chi connectivity index (χ0n) is 8.46. The van der Waals surface area contributed by atoms with E-state index in [2.05, 4.69) is 15.2 Å². The van der Waals surface area contributed by atoms with Gasteiger partial charge in [0.1, 0.15) is 11.3 Å². The van der Waals surface area contributed by atoms with Crippen LogP contribution in [0.5, 0.6) is 0 Å². The smallest absolute Gasteiger partial charge is 0.258 e. The fourth-order valence-electron chi connectivity index (χ4n) is 1.20. The Hall–Kier alpha value is -1.60. The molecule has 17 heavy (non-hydrogen) atoms. The zero-order valence-corrected chi connectivity index (χ0v) is 10.0. The minimum absolute atomic E-state index is 0.0812. The number of rotatable bonds is 4. The van der Waals surface area contributed by atoms with Crippen molar-refractivity contribution in [3.05, 3.63) is 45.2 Å². The number of benzene rings is 1. The fourth-order valence-corrected chi connectivity index (χ4v) is 2.11. The van der Waals surface area contributed by atoms with Crippen molar-refractivity contribution >= 4 is 29.1 Å². The molecule has 0 fully saturated rings. The molecular formula is C9H7ClN4O2S. The van der Waals surface area contributed by atoms with Crippen molar-refractivity contribution in [2.75, 3.05) is 0 Å². The van der Waals surface area contributed by atoms with Crippen molar-refractivity contribution in [3.8, 4) is 0 Å². The first-order chi connectivity index (χ1) is 8.16. The van der Waals surface area contributed by atoms with Gasteiger partial charge in [0.05, 0.1) is 4.92 Å². The van der Waals surface area contributed by atoms with E-state index in [0.717, 1.165) is 5.56 Å². The minimum Gasteiger partial charge on any atom is -0.258 e. The minimum atomic E-state index is -0.495. The molecule has 1 heterocycles. The summed E-state index contributed by atoms with van der Waals surface area (Å²) in [6.45, 7) is 0. The summed E-state index contributed by atoms with van der Waals surface area (Å²) in [5.41, 5.74) is 0.727. The number of halogens is 1. The molecule has 0 saturated carbocycles. The second-order valence-corrected chi connectivity index (χ2v) is 4.49. The van der Waals surface area contributed by atoms with Gasteiger partial charge in [-0.25, -0.2) is 4.98 Å². The van der Waals surface area contributed by atoms with Crippen LogP contribution in [0.15, 0.2) is 29.7 Å². The van der Waals surface area contributed by atoms with E-state index >= 15 is 0 Å². The molecule has 2 rings (SSSR count). The number of H-pyrrole nitrogens is 1. The van der Waals surface area contributed by atoms with E-state index in [-0.39, 0.29) is 10.7 Å². The number of thioether (sulfide) groups is 1. The van der Waals surface area contributed by atoms with Gasteiger partial charge in [-0.05, 0) is 11.6 Å². The summed E-state index contributed by atoms with van der Waals surface area (Å²) < 4.78 is 0. The number of hydrogen-bond donors (Lipinski definition) is 1. The van der Waals surface area contributed by atoms with Crippen molar-refractivity contribution in [1.29, 1.82) is 0 Å². The molecule has 0 atom stereocenters. The van der Waals surface area contributed by atoms with Crippen LogP contribution < -0.4 is 0 Å². The molecule has 0 saturated heterocycles. The Morgan fingerprint density at radius 1 is 1.53 bits per heavy atom. The predicted molar refractivity (Wildman–Crippen MR) is 64.1 cm³/mol. The molecule has 1 N–H and O–H groups in total. The highest BCUT2D eigenvalue weighted by Crippen LogP contribution is 2.27. The van der Waals surface area contributed by atoms with Gasteiger partial charge in [-0.3, -0.25) is 15.2 Å². The molecule has 0 spiro atoms. The van der Waals surface area contributed by atoms with Gasteiger partial charge in [0.25, 0.3) is 5.69 Å². The van der Waals surface area contributed by atoms with Gasteiger partial charge in [-0.2, -0.15) is 5.10 Å². The molecule has 1 aromatic heterocycles. The van der Waals surface area contributed by atoms with E-state index < -0.39 is 4.92 Å². The molecule has 2 aromatic rings. The first-order valence-electron chi connectivity index (χ1n) is 4.58. The maximum absolute atomic E-state index is 10.7. The van der Waals surface area contributed by atoms with Crippen LogP contribution >= 0.6 is 23.4 Å². The number of nitro benzene ring substituents is 1. The maximum atomic E-state index is 10.7. The van der Waals surface area contributed by atoms with Crippen LogP contribution in [-0.4, -0.2) is 20.1 Å². The molecule has 88 valence electrons. The SMILES string of the molecule is O=[N+]([O-])c1cc(CSc2ncn[nH]2)ccc1Cl. The lowest BCUT2D eigenvalue weighted by molar-refractivity contribution is -0.384. The van der Waals surface area contributed by atoms with E-state index in [0.29, 0.717) is 10.9 Å².